The van der Waals surface area contributed by atoms with Crippen molar-refractivity contribution in [1.29, 1.82) is 0 Å². The Kier molecular flexibility index (Phi) is 2.26. The zero-order valence-electron chi connectivity index (χ0n) is 9.76. The molecule has 0 amide bonds. The molecule has 3 rings (SSSR count). The second-order valence-corrected chi connectivity index (χ2v) is 4.15. The Balaban J connectivity index is 2.21. The lowest BCUT2D eigenvalue weighted by Gasteiger charge is -2.07. The van der Waals surface area contributed by atoms with Crippen LogP contribution >= 0.6 is 0 Å². The molecule has 0 saturated heterocycles. The van der Waals surface area contributed by atoms with Gasteiger partial charge in [-0.1, -0.05) is 0 Å². The van der Waals surface area contributed by atoms with Crippen LogP contribution in [0.5, 0.6) is 0 Å². The van der Waals surface area contributed by atoms with Crippen LogP contribution in [-0.4, -0.2) is 14.8 Å². The summed E-state index contributed by atoms with van der Waals surface area (Å²) in [6.45, 7) is 1.83. The van der Waals surface area contributed by atoms with E-state index < -0.39 is 5.82 Å². The fourth-order valence-corrected chi connectivity index (χ4v) is 1.92. The molecular weight excluding hydrogens is 231 g/mol. The van der Waals surface area contributed by atoms with Gasteiger partial charge in [-0.15, -0.1) is 5.10 Å². The molecule has 90 valence electrons. The van der Waals surface area contributed by atoms with E-state index in [4.69, 9.17) is 5.73 Å². The first-order valence-corrected chi connectivity index (χ1v) is 5.52. The van der Waals surface area contributed by atoms with E-state index in [1.165, 1.54) is 10.7 Å². The summed E-state index contributed by atoms with van der Waals surface area (Å²) in [5.74, 6) is -0.406. The summed E-state index contributed by atoms with van der Waals surface area (Å²) in [6.07, 6.45) is 1.68. The zero-order valence-corrected chi connectivity index (χ0v) is 9.76. The number of nitrogens with zero attached hydrogens (tertiary/aromatic N) is 3. The van der Waals surface area contributed by atoms with E-state index in [0.29, 0.717) is 0 Å². The molecule has 2 N–H and O–H groups in total. The first-order chi connectivity index (χ1) is 8.65. The van der Waals surface area contributed by atoms with Crippen molar-refractivity contribution in [3.63, 3.8) is 0 Å². The van der Waals surface area contributed by atoms with E-state index in [-0.39, 0.29) is 5.69 Å². The Morgan fingerprint density at radius 3 is 2.89 bits per heavy atom. The maximum atomic E-state index is 13.3. The fraction of sp³-hybridized carbons (Fsp3) is 0.0769. The number of aromatic nitrogens is 3. The minimum atomic E-state index is -0.406. The molecule has 0 aliphatic carbocycles. The maximum absolute atomic E-state index is 13.3. The summed E-state index contributed by atoms with van der Waals surface area (Å²) < 4.78 is 14.9. The highest BCUT2D eigenvalue weighted by molar-refractivity contribution is 5.69. The zero-order chi connectivity index (χ0) is 12.7. The number of hydrogen-bond acceptors (Lipinski definition) is 3. The summed E-state index contributed by atoms with van der Waals surface area (Å²) >= 11 is 0. The second kappa shape index (κ2) is 3.80. The minimum Gasteiger partial charge on any atom is -0.396 e. The molecule has 0 aliphatic heterocycles. The molecule has 0 unspecified atom stereocenters. The number of nitrogen functional groups attached to an aromatic ring is 1. The summed E-state index contributed by atoms with van der Waals surface area (Å²) in [6, 6.07) is 8.66. The highest BCUT2D eigenvalue weighted by Crippen LogP contribution is 2.26. The van der Waals surface area contributed by atoms with Crippen LogP contribution in [0.1, 0.15) is 5.56 Å². The number of aryl methyl sites for hydroxylation is 1. The predicted octanol–water partition coefficient (Wildman–Crippen LogP) is 2.43. The average molecular weight is 242 g/mol. The third-order valence-electron chi connectivity index (χ3n) is 2.89. The molecule has 18 heavy (non-hydrogen) atoms. The van der Waals surface area contributed by atoms with Crippen molar-refractivity contribution in [2.75, 3.05) is 5.73 Å². The van der Waals surface area contributed by atoms with Crippen molar-refractivity contribution in [3.05, 3.63) is 47.9 Å². The second-order valence-electron chi connectivity index (χ2n) is 4.15. The van der Waals surface area contributed by atoms with Crippen molar-refractivity contribution in [3.8, 4) is 11.3 Å². The molecular formula is C13H11FN4. The quantitative estimate of drug-likeness (QED) is 0.667. The van der Waals surface area contributed by atoms with Gasteiger partial charge < -0.3 is 5.73 Å². The number of anilines is 1. The topological polar surface area (TPSA) is 56.2 Å². The van der Waals surface area contributed by atoms with Crippen molar-refractivity contribution < 1.29 is 4.39 Å². The van der Waals surface area contributed by atoms with Gasteiger partial charge >= 0.3 is 0 Å². The van der Waals surface area contributed by atoms with Crippen LogP contribution in [0.15, 0.2) is 36.5 Å². The van der Waals surface area contributed by atoms with Gasteiger partial charge in [0, 0.05) is 5.56 Å². The summed E-state index contributed by atoms with van der Waals surface area (Å²) in [5, 5.41) is 8.44. The van der Waals surface area contributed by atoms with Gasteiger partial charge in [-0.3, -0.25) is 0 Å². The number of halogens is 1. The lowest BCUT2D eigenvalue weighted by molar-refractivity contribution is 0.631. The van der Waals surface area contributed by atoms with E-state index in [2.05, 4.69) is 10.2 Å². The number of nitrogens with two attached hydrogens (primary N) is 1. The smallest absolute Gasteiger partial charge is 0.146 e. The molecule has 0 aliphatic rings. The normalized spacial score (nSPS) is 11.0. The van der Waals surface area contributed by atoms with Crippen LogP contribution in [0, 0.1) is 12.7 Å². The number of fused-ring (bicyclic) bond motifs is 1. The van der Waals surface area contributed by atoms with E-state index in [1.807, 2.05) is 25.1 Å². The third kappa shape index (κ3) is 1.60. The molecule has 3 aromatic rings. The molecule has 2 heterocycles. The summed E-state index contributed by atoms with van der Waals surface area (Å²) in [7, 11) is 0. The molecule has 0 saturated carbocycles. The molecule has 2 aromatic heterocycles. The summed E-state index contributed by atoms with van der Waals surface area (Å²) in [4.78, 5) is 0. The van der Waals surface area contributed by atoms with Crippen molar-refractivity contribution in [2.24, 2.45) is 0 Å². The van der Waals surface area contributed by atoms with Crippen molar-refractivity contribution in [2.45, 2.75) is 6.92 Å². The van der Waals surface area contributed by atoms with Gasteiger partial charge in [0.25, 0.3) is 0 Å². The minimum absolute atomic E-state index is 0.123. The van der Waals surface area contributed by atoms with Crippen LogP contribution < -0.4 is 5.73 Å². The Hall–Kier alpha value is -2.43. The van der Waals surface area contributed by atoms with E-state index >= 15 is 0 Å². The van der Waals surface area contributed by atoms with Crippen LogP contribution in [0.2, 0.25) is 0 Å². The predicted molar refractivity (Wildman–Crippen MR) is 67.5 cm³/mol. The highest BCUT2D eigenvalue weighted by Gasteiger charge is 2.09. The van der Waals surface area contributed by atoms with Gasteiger partial charge in [-0.2, -0.15) is 9.73 Å². The molecule has 1 aromatic carbocycles. The lowest BCUT2D eigenvalue weighted by Crippen LogP contribution is -1.99. The fourth-order valence-electron chi connectivity index (χ4n) is 1.92. The molecule has 5 heteroatoms. The van der Waals surface area contributed by atoms with Gasteiger partial charge in [0.15, 0.2) is 0 Å². The number of rotatable bonds is 1. The number of benzene rings is 1. The van der Waals surface area contributed by atoms with Gasteiger partial charge in [-0.05, 0) is 42.8 Å². The van der Waals surface area contributed by atoms with Crippen LogP contribution in [-0.2, 0) is 0 Å². The molecule has 0 fully saturated rings. The highest BCUT2D eigenvalue weighted by atomic mass is 19.1. The maximum Gasteiger partial charge on any atom is 0.146 e. The average Bonchev–Trinajstić information content (AvgIpc) is 2.80. The van der Waals surface area contributed by atoms with Crippen LogP contribution in [0.25, 0.3) is 16.8 Å². The van der Waals surface area contributed by atoms with E-state index in [9.17, 15) is 4.39 Å². The number of hydrogen-bond donors (Lipinski definition) is 1. The van der Waals surface area contributed by atoms with Crippen LogP contribution in [0.4, 0.5) is 10.1 Å². The monoisotopic (exact) mass is 242 g/mol. The lowest BCUT2D eigenvalue weighted by atomic mass is 10.0. The summed E-state index contributed by atoms with van der Waals surface area (Å²) in [5.41, 5.74) is 8.95. The van der Waals surface area contributed by atoms with E-state index in [1.54, 1.807) is 12.3 Å². The Morgan fingerprint density at radius 1 is 1.22 bits per heavy atom. The molecule has 4 nitrogen and oxygen atoms in total. The Labute approximate surface area is 103 Å². The molecule has 0 radical (unpaired) electrons. The molecule has 0 atom stereocenters. The third-order valence-corrected chi connectivity index (χ3v) is 2.89. The van der Waals surface area contributed by atoms with Crippen molar-refractivity contribution in [1.82, 2.24) is 14.8 Å². The van der Waals surface area contributed by atoms with Gasteiger partial charge in [0.1, 0.15) is 5.82 Å². The first kappa shape index (κ1) is 10.7. The Morgan fingerprint density at radius 2 is 2.06 bits per heavy atom. The standard InChI is InChI=1S/C13H11FN4/c1-8-6-11(14)12(15)7-10(8)13-3-2-9-4-5-16-18(9)17-13/h2-7H,15H2,1H3. The van der Waals surface area contributed by atoms with Gasteiger partial charge in [-0.25, -0.2) is 4.39 Å². The van der Waals surface area contributed by atoms with E-state index in [0.717, 1.165) is 22.3 Å². The van der Waals surface area contributed by atoms with Crippen LogP contribution in [0.3, 0.4) is 0 Å². The van der Waals surface area contributed by atoms with Crippen molar-refractivity contribution >= 4 is 11.2 Å². The SMILES string of the molecule is Cc1cc(F)c(N)cc1-c1ccc2ccnn2n1. The Bertz CT molecular complexity index is 733. The molecule has 0 spiro atoms. The first-order valence-electron chi connectivity index (χ1n) is 5.52. The molecule has 0 bridgehead atoms. The van der Waals surface area contributed by atoms with Gasteiger partial charge in [0.2, 0.25) is 0 Å². The van der Waals surface area contributed by atoms with Gasteiger partial charge in [0.05, 0.1) is 23.1 Å². The largest absolute Gasteiger partial charge is 0.396 e.